The Kier molecular flexibility index (Phi) is 6.87. The van der Waals surface area contributed by atoms with Gasteiger partial charge >= 0.3 is 5.97 Å². The summed E-state index contributed by atoms with van der Waals surface area (Å²) in [4.78, 5) is 38.6. The molecule has 0 aliphatic rings. The lowest BCUT2D eigenvalue weighted by Gasteiger charge is -2.09. The summed E-state index contributed by atoms with van der Waals surface area (Å²) in [5, 5.41) is 0. The predicted octanol–water partition coefficient (Wildman–Crippen LogP) is 4.25. The van der Waals surface area contributed by atoms with Gasteiger partial charge in [-0.1, -0.05) is 48.5 Å². The van der Waals surface area contributed by atoms with Crippen LogP contribution in [0.15, 0.2) is 71.5 Å². The molecule has 0 atom stereocenters. The van der Waals surface area contributed by atoms with Gasteiger partial charge in [0, 0.05) is 30.4 Å². The van der Waals surface area contributed by atoms with Gasteiger partial charge in [0.15, 0.2) is 6.61 Å². The molecule has 7 heteroatoms. The van der Waals surface area contributed by atoms with E-state index >= 15 is 0 Å². The van der Waals surface area contributed by atoms with Gasteiger partial charge in [-0.05, 0) is 51.0 Å². The second-order valence-electron chi connectivity index (χ2n) is 8.60. The fraction of sp³-hybridized carbons (Fsp3) is 0.250. The van der Waals surface area contributed by atoms with Crippen molar-refractivity contribution in [3.63, 3.8) is 0 Å². The van der Waals surface area contributed by atoms with E-state index in [1.54, 1.807) is 17.7 Å². The number of ketones is 1. The molecule has 7 nitrogen and oxygen atoms in total. The van der Waals surface area contributed by atoms with E-state index < -0.39 is 5.97 Å². The highest BCUT2D eigenvalue weighted by Gasteiger charge is 2.24. The first-order valence-corrected chi connectivity index (χ1v) is 11.6. The molecule has 0 radical (unpaired) electrons. The van der Waals surface area contributed by atoms with Crippen LogP contribution in [0.4, 0.5) is 0 Å². The maximum Gasteiger partial charge on any atom is 0.306 e. The van der Waals surface area contributed by atoms with Crippen molar-refractivity contribution < 1.29 is 14.3 Å². The molecule has 2 aromatic carbocycles. The van der Waals surface area contributed by atoms with Crippen molar-refractivity contribution in [3.8, 4) is 11.4 Å². The minimum absolute atomic E-state index is 0.177. The van der Waals surface area contributed by atoms with E-state index in [4.69, 9.17) is 4.74 Å². The topological polar surface area (TPSA) is 75.2 Å². The number of nitrogens with zero attached hydrogens (tertiary/aromatic N) is 3. The third kappa shape index (κ3) is 4.75. The zero-order chi connectivity index (χ0) is 25.1. The van der Waals surface area contributed by atoms with Crippen LogP contribution in [0.2, 0.25) is 0 Å². The zero-order valence-electron chi connectivity index (χ0n) is 20.4. The first kappa shape index (κ1) is 24.0. The van der Waals surface area contributed by atoms with E-state index in [-0.39, 0.29) is 24.4 Å². The number of hydrogen-bond acceptors (Lipinski definition) is 4. The fourth-order valence-corrected chi connectivity index (χ4v) is 4.39. The third-order valence-corrected chi connectivity index (χ3v) is 6.30. The van der Waals surface area contributed by atoms with Gasteiger partial charge in [0.2, 0.25) is 5.78 Å². The number of ether oxygens (including phenoxy) is 1. The van der Waals surface area contributed by atoms with E-state index in [9.17, 15) is 14.4 Å². The lowest BCUT2D eigenvalue weighted by molar-refractivity contribution is -0.142. The number of rotatable bonds is 8. The van der Waals surface area contributed by atoms with Crippen LogP contribution in [0.5, 0.6) is 0 Å². The summed E-state index contributed by atoms with van der Waals surface area (Å²) < 4.78 is 10.5. The Labute approximate surface area is 204 Å². The van der Waals surface area contributed by atoms with E-state index in [2.05, 4.69) is 0 Å². The number of para-hydroxylation sites is 1. The molecule has 0 fully saturated rings. The largest absolute Gasteiger partial charge is 0.457 e. The minimum atomic E-state index is -0.416. The molecule has 180 valence electrons. The number of Topliss-reactive ketones (excluding diaryl/α,β-unsaturated/α-hetero) is 1. The summed E-state index contributed by atoms with van der Waals surface area (Å²) in [6.07, 6.45) is 0.766. The highest BCUT2D eigenvalue weighted by molar-refractivity contribution is 5.99. The van der Waals surface area contributed by atoms with Crippen molar-refractivity contribution in [2.24, 2.45) is 7.05 Å². The molecule has 0 saturated heterocycles. The molecule has 0 unspecified atom stereocenters. The number of benzene rings is 2. The molecular weight excluding hydrogens is 442 g/mol. The normalized spacial score (nSPS) is 11.0. The van der Waals surface area contributed by atoms with Crippen molar-refractivity contribution in [2.75, 3.05) is 6.61 Å². The molecule has 4 aromatic rings. The number of carbonyl (C=O) groups excluding carboxylic acids is 2. The van der Waals surface area contributed by atoms with Gasteiger partial charge in [0.1, 0.15) is 5.69 Å². The summed E-state index contributed by atoms with van der Waals surface area (Å²) >= 11 is 0. The number of esters is 1. The molecular formula is C28H29N3O4. The summed E-state index contributed by atoms with van der Waals surface area (Å²) in [6, 6.07) is 20.8. The van der Waals surface area contributed by atoms with Crippen LogP contribution >= 0.6 is 0 Å². The molecule has 0 amide bonds. The monoisotopic (exact) mass is 471 g/mol. The fourth-order valence-electron chi connectivity index (χ4n) is 4.39. The Bertz CT molecular complexity index is 1430. The maximum absolute atomic E-state index is 13.5. The standard InChI is InChI=1S/C28H29N3O4/c1-19-17-24(25(32)18-35-26(33)16-15-22-11-7-5-8-12-22)20(2)30(19)27-21(3)29(4)31(28(27)34)23-13-9-6-10-14-23/h5-14,17H,15-16,18H2,1-4H3. The number of carbonyl (C=O) groups is 2. The molecule has 0 saturated carbocycles. The zero-order valence-corrected chi connectivity index (χ0v) is 20.4. The van der Waals surface area contributed by atoms with Gasteiger partial charge in [0.25, 0.3) is 5.56 Å². The Morgan fingerprint density at radius 1 is 0.886 bits per heavy atom. The highest BCUT2D eigenvalue weighted by Crippen LogP contribution is 2.23. The molecule has 0 aliphatic carbocycles. The lowest BCUT2D eigenvalue weighted by atomic mass is 10.1. The van der Waals surface area contributed by atoms with Crippen LogP contribution in [0.25, 0.3) is 11.4 Å². The molecule has 4 rings (SSSR count). The predicted molar refractivity (Wildman–Crippen MR) is 135 cm³/mol. The van der Waals surface area contributed by atoms with E-state index in [1.807, 2.05) is 90.8 Å². The maximum atomic E-state index is 13.5. The number of hydrogen-bond donors (Lipinski definition) is 0. The summed E-state index contributed by atoms with van der Waals surface area (Å²) in [6.45, 7) is 5.20. The van der Waals surface area contributed by atoms with Crippen LogP contribution < -0.4 is 5.56 Å². The average molecular weight is 472 g/mol. The first-order chi connectivity index (χ1) is 16.8. The van der Waals surface area contributed by atoms with Crippen molar-refractivity contribution in [2.45, 2.75) is 33.6 Å². The third-order valence-electron chi connectivity index (χ3n) is 6.30. The SMILES string of the molecule is Cc1cc(C(=O)COC(=O)CCc2ccccc2)c(C)n1-c1c(C)n(C)n(-c2ccccc2)c1=O. The highest BCUT2D eigenvalue weighted by atomic mass is 16.5. The molecule has 2 heterocycles. The van der Waals surface area contributed by atoms with Gasteiger partial charge in [-0.15, -0.1) is 0 Å². The van der Waals surface area contributed by atoms with Crippen molar-refractivity contribution in [3.05, 3.63) is 105 Å². The van der Waals surface area contributed by atoms with Gasteiger partial charge < -0.3 is 9.30 Å². The van der Waals surface area contributed by atoms with E-state index in [1.165, 1.54) is 0 Å². The molecule has 2 aromatic heterocycles. The van der Waals surface area contributed by atoms with Gasteiger partial charge in [-0.3, -0.25) is 19.1 Å². The second kappa shape index (κ2) is 10.0. The summed E-state index contributed by atoms with van der Waals surface area (Å²) in [5.74, 6) is -0.713. The Hall–Kier alpha value is -4.13. The second-order valence-corrected chi connectivity index (χ2v) is 8.60. The van der Waals surface area contributed by atoms with Crippen molar-refractivity contribution >= 4 is 11.8 Å². The molecule has 0 N–H and O–H groups in total. The van der Waals surface area contributed by atoms with Crippen LogP contribution in [-0.2, 0) is 23.0 Å². The van der Waals surface area contributed by atoms with Crippen molar-refractivity contribution in [1.29, 1.82) is 0 Å². The Morgan fingerprint density at radius 3 is 2.17 bits per heavy atom. The van der Waals surface area contributed by atoms with Crippen LogP contribution in [0.3, 0.4) is 0 Å². The van der Waals surface area contributed by atoms with Gasteiger partial charge in [-0.2, -0.15) is 0 Å². The molecule has 0 bridgehead atoms. The number of aromatic nitrogens is 3. The quantitative estimate of drug-likeness (QED) is 0.284. The lowest BCUT2D eigenvalue weighted by Crippen LogP contribution is -2.22. The Morgan fingerprint density at radius 2 is 1.51 bits per heavy atom. The van der Waals surface area contributed by atoms with Crippen LogP contribution in [0, 0.1) is 20.8 Å². The minimum Gasteiger partial charge on any atom is -0.457 e. The van der Waals surface area contributed by atoms with Crippen LogP contribution in [0.1, 0.15) is 39.4 Å². The van der Waals surface area contributed by atoms with E-state index in [0.29, 0.717) is 23.4 Å². The van der Waals surface area contributed by atoms with Gasteiger partial charge in [0.05, 0.1) is 11.4 Å². The smallest absolute Gasteiger partial charge is 0.306 e. The molecule has 0 spiro atoms. The van der Waals surface area contributed by atoms with Crippen molar-refractivity contribution in [1.82, 2.24) is 13.9 Å². The van der Waals surface area contributed by atoms with E-state index in [0.717, 1.165) is 22.6 Å². The average Bonchev–Trinajstić information content (AvgIpc) is 3.27. The Balaban J connectivity index is 1.54. The number of aryl methyl sites for hydroxylation is 2. The molecule has 35 heavy (non-hydrogen) atoms. The first-order valence-electron chi connectivity index (χ1n) is 11.6. The summed E-state index contributed by atoms with van der Waals surface area (Å²) in [5.41, 5.74) is 4.72. The van der Waals surface area contributed by atoms with Crippen LogP contribution in [-0.4, -0.2) is 32.3 Å². The summed E-state index contributed by atoms with van der Waals surface area (Å²) in [7, 11) is 1.84. The molecule has 0 aliphatic heterocycles. The van der Waals surface area contributed by atoms with Gasteiger partial charge in [-0.25, -0.2) is 4.68 Å².